The molecule has 4 rings (SSSR count). The second-order valence-electron chi connectivity index (χ2n) is 7.04. The molecule has 142 valence electrons. The third-order valence-electron chi connectivity index (χ3n) is 5.49. The van der Waals surface area contributed by atoms with Gasteiger partial charge in [-0.15, -0.1) is 0 Å². The van der Waals surface area contributed by atoms with E-state index in [-0.39, 0.29) is 35.6 Å². The van der Waals surface area contributed by atoms with E-state index < -0.39 is 0 Å². The van der Waals surface area contributed by atoms with Crippen molar-refractivity contribution in [1.29, 1.82) is 0 Å². The molecule has 0 unspecified atom stereocenters. The fraction of sp³-hybridized carbons (Fsp3) is 0.450. The van der Waals surface area contributed by atoms with Crippen molar-refractivity contribution < 1.29 is 18.8 Å². The van der Waals surface area contributed by atoms with Gasteiger partial charge < -0.3 is 19.5 Å². The number of rotatable bonds is 3. The van der Waals surface area contributed by atoms with Gasteiger partial charge in [-0.1, -0.05) is 35.5 Å². The van der Waals surface area contributed by atoms with Crippen molar-refractivity contribution in [2.24, 2.45) is 5.92 Å². The van der Waals surface area contributed by atoms with Crippen molar-refractivity contribution in [3.05, 3.63) is 42.2 Å². The molecular formula is C20H23N3O4. The van der Waals surface area contributed by atoms with Gasteiger partial charge in [-0.2, -0.15) is 0 Å². The molecule has 2 aromatic rings. The number of carbonyl (C=O) groups is 2. The first-order chi connectivity index (χ1) is 13.2. The van der Waals surface area contributed by atoms with E-state index in [1.807, 2.05) is 30.3 Å². The van der Waals surface area contributed by atoms with Gasteiger partial charge in [0.1, 0.15) is 5.69 Å². The van der Waals surface area contributed by atoms with Crippen molar-refractivity contribution in [2.75, 3.05) is 20.2 Å². The predicted octanol–water partition coefficient (Wildman–Crippen LogP) is 2.10. The minimum atomic E-state index is -0.194. The molecule has 1 saturated carbocycles. The Labute approximate surface area is 157 Å². The van der Waals surface area contributed by atoms with Gasteiger partial charge in [0, 0.05) is 31.1 Å². The molecule has 1 aromatic carbocycles. The molecule has 2 amide bonds. The summed E-state index contributed by atoms with van der Waals surface area (Å²) in [5, 5.41) is 6.76. The van der Waals surface area contributed by atoms with E-state index in [9.17, 15) is 9.59 Å². The Morgan fingerprint density at radius 1 is 1.22 bits per heavy atom. The number of amides is 2. The van der Waals surface area contributed by atoms with Crippen LogP contribution in [-0.4, -0.2) is 54.2 Å². The summed E-state index contributed by atoms with van der Waals surface area (Å²) in [6.45, 7) is 0.985. The van der Waals surface area contributed by atoms with Crippen LogP contribution in [0.4, 0.5) is 0 Å². The quantitative estimate of drug-likeness (QED) is 0.896. The van der Waals surface area contributed by atoms with E-state index in [1.165, 1.54) is 0 Å². The highest BCUT2D eigenvalue weighted by atomic mass is 16.5. The molecule has 2 heterocycles. The molecule has 7 nitrogen and oxygen atoms in total. The summed E-state index contributed by atoms with van der Waals surface area (Å²) in [5.74, 6) is -0.0441. The van der Waals surface area contributed by atoms with Crippen molar-refractivity contribution in [3.8, 4) is 11.3 Å². The maximum absolute atomic E-state index is 13.1. The zero-order valence-electron chi connectivity index (χ0n) is 15.3. The predicted molar refractivity (Wildman–Crippen MR) is 97.9 cm³/mol. The SMILES string of the molecule is CNC(=O)[C@H]1CC[C@H]2OCCN(C(=O)c3cc(-c4ccccc4)no3)[C@@H]2C1. The second-order valence-corrected chi connectivity index (χ2v) is 7.04. The highest BCUT2D eigenvalue weighted by Crippen LogP contribution is 2.33. The van der Waals surface area contributed by atoms with Crippen molar-refractivity contribution >= 4 is 11.8 Å². The van der Waals surface area contributed by atoms with Gasteiger partial charge in [0.05, 0.1) is 18.8 Å². The summed E-state index contributed by atoms with van der Waals surface area (Å²) in [5.41, 5.74) is 1.54. The molecule has 0 radical (unpaired) electrons. The van der Waals surface area contributed by atoms with Crippen LogP contribution in [0.25, 0.3) is 11.3 Å². The second kappa shape index (κ2) is 7.52. The number of benzene rings is 1. The van der Waals surface area contributed by atoms with Gasteiger partial charge in [0.15, 0.2) is 0 Å². The zero-order valence-corrected chi connectivity index (χ0v) is 15.3. The highest BCUT2D eigenvalue weighted by molar-refractivity contribution is 5.93. The summed E-state index contributed by atoms with van der Waals surface area (Å²) in [6.07, 6.45) is 2.14. The van der Waals surface area contributed by atoms with Crippen molar-refractivity contribution in [3.63, 3.8) is 0 Å². The zero-order chi connectivity index (χ0) is 18.8. The van der Waals surface area contributed by atoms with E-state index in [0.29, 0.717) is 25.3 Å². The Balaban J connectivity index is 1.54. The number of hydrogen-bond donors (Lipinski definition) is 1. The van der Waals surface area contributed by atoms with Crippen LogP contribution in [0.3, 0.4) is 0 Å². The lowest BCUT2D eigenvalue weighted by molar-refractivity contribution is -0.131. The van der Waals surface area contributed by atoms with Gasteiger partial charge in [-0.25, -0.2) is 0 Å². The lowest BCUT2D eigenvalue weighted by Gasteiger charge is -2.45. The van der Waals surface area contributed by atoms with E-state index in [1.54, 1.807) is 18.0 Å². The maximum atomic E-state index is 13.1. The first-order valence-electron chi connectivity index (χ1n) is 9.33. The van der Waals surface area contributed by atoms with Gasteiger partial charge in [-0.05, 0) is 19.3 Å². The normalized spacial score (nSPS) is 24.9. The first kappa shape index (κ1) is 17.7. The molecule has 27 heavy (non-hydrogen) atoms. The number of nitrogens with zero attached hydrogens (tertiary/aromatic N) is 2. The average molecular weight is 369 g/mol. The fourth-order valence-corrected chi connectivity index (χ4v) is 4.07. The number of aromatic nitrogens is 1. The summed E-state index contributed by atoms with van der Waals surface area (Å²) < 4.78 is 11.2. The molecule has 7 heteroatoms. The lowest BCUT2D eigenvalue weighted by Crippen LogP contribution is -2.57. The molecule has 0 spiro atoms. The third-order valence-corrected chi connectivity index (χ3v) is 5.49. The van der Waals surface area contributed by atoms with Gasteiger partial charge in [0.25, 0.3) is 5.91 Å². The smallest absolute Gasteiger partial charge is 0.292 e. The molecular weight excluding hydrogens is 346 g/mol. The Morgan fingerprint density at radius 3 is 2.81 bits per heavy atom. The van der Waals surface area contributed by atoms with Crippen LogP contribution >= 0.6 is 0 Å². The van der Waals surface area contributed by atoms with Gasteiger partial charge >= 0.3 is 0 Å². The molecule has 1 aliphatic carbocycles. The summed E-state index contributed by atoms with van der Waals surface area (Å²) in [4.78, 5) is 26.9. The van der Waals surface area contributed by atoms with Gasteiger partial charge in [-0.3, -0.25) is 9.59 Å². The number of nitrogens with one attached hydrogen (secondary N) is 1. The van der Waals surface area contributed by atoms with Crippen LogP contribution in [-0.2, 0) is 9.53 Å². The van der Waals surface area contributed by atoms with Crippen molar-refractivity contribution in [1.82, 2.24) is 15.4 Å². The maximum Gasteiger partial charge on any atom is 0.292 e. The molecule has 1 aliphatic heterocycles. The minimum Gasteiger partial charge on any atom is -0.374 e. The van der Waals surface area contributed by atoms with E-state index in [0.717, 1.165) is 18.4 Å². The monoisotopic (exact) mass is 369 g/mol. The molecule has 1 saturated heterocycles. The largest absolute Gasteiger partial charge is 0.374 e. The Morgan fingerprint density at radius 2 is 2.04 bits per heavy atom. The molecule has 2 fully saturated rings. The molecule has 0 bridgehead atoms. The summed E-state index contributed by atoms with van der Waals surface area (Å²) in [7, 11) is 1.65. The Hall–Kier alpha value is -2.67. The van der Waals surface area contributed by atoms with Crippen LogP contribution in [0.5, 0.6) is 0 Å². The van der Waals surface area contributed by atoms with Crippen molar-refractivity contribution in [2.45, 2.75) is 31.4 Å². The summed E-state index contributed by atoms with van der Waals surface area (Å²) >= 11 is 0. The topological polar surface area (TPSA) is 84.7 Å². The Bertz CT molecular complexity index is 820. The number of fused-ring (bicyclic) bond motifs is 1. The van der Waals surface area contributed by atoms with E-state index >= 15 is 0 Å². The van der Waals surface area contributed by atoms with Gasteiger partial charge in [0.2, 0.25) is 11.7 Å². The minimum absolute atomic E-state index is 0.0254. The number of hydrogen-bond acceptors (Lipinski definition) is 5. The lowest BCUT2D eigenvalue weighted by atomic mass is 9.81. The fourth-order valence-electron chi connectivity index (χ4n) is 4.07. The van der Waals surface area contributed by atoms with E-state index in [4.69, 9.17) is 9.26 Å². The molecule has 1 aromatic heterocycles. The number of morpholine rings is 1. The highest BCUT2D eigenvalue weighted by Gasteiger charge is 2.42. The van der Waals surface area contributed by atoms with Crippen LogP contribution in [0.2, 0.25) is 0 Å². The number of carbonyl (C=O) groups excluding carboxylic acids is 2. The average Bonchev–Trinajstić information content (AvgIpc) is 3.23. The first-order valence-corrected chi connectivity index (χ1v) is 9.33. The molecule has 3 atom stereocenters. The van der Waals surface area contributed by atoms with E-state index in [2.05, 4.69) is 10.5 Å². The summed E-state index contributed by atoms with van der Waals surface area (Å²) in [6, 6.07) is 11.2. The Kier molecular flexibility index (Phi) is 4.94. The third kappa shape index (κ3) is 3.47. The van der Waals surface area contributed by atoms with Crippen LogP contribution < -0.4 is 5.32 Å². The van der Waals surface area contributed by atoms with Crippen LogP contribution in [0, 0.1) is 5.92 Å². The number of ether oxygens (including phenoxy) is 1. The van der Waals surface area contributed by atoms with Crippen LogP contribution in [0.1, 0.15) is 29.8 Å². The van der Waals surface area contributed by atoms with Crippen LogP contribution in [0.15, 0.2) is 40.9 Å². The standard InChI is InChI=1S/C20H23N3O4/c1-21-19(24)14-7-8-17-16(11-14)23(9-10-26-17)20(25)18-12-15(22-27-18)13-5-3-2-4-6-13/h2-6,12,14,16-17H,7-11H2,1H3,(H,21,24)/t14-,16+,17+/m0/s1. The molecule has 2 aliphatic rings. The molecule has 1 N–H and O–H groups in total.